The van der Waals surface area contributed by atoms with E-state index in [0.717, 1.165) is 29.7 Å². The van der Waals surface area contributed by atoms with Crippen molar-refractivity contribution >= 4 is 0 Å². The molecule has 0 saturated heterocycles. The van der Waals surface area contributed by atoms with E-state index in [1.54, 1.807) is 0 Å². The van der Waals surface area contributed by atoms with Crippen molar-refractivity contribution in [2.24, 2.45) is 0 Å². The molecule has 2 heteroatoms. The van der Waals surface area contributed by atoms with Crippen LogP contribution in [0, 0.1) is 11.8 Å². The summed E-state index contributed by atoms with van der Waals surface area (Å²) in [7, 11) is 0. The highest BCUT2D eigenvalue weighted by atomic mass is 16.5. The Morgan fingerprint density at radius 2 is 1.48 bits per heavy atom. The van der Waals surface area contributed by atoms with Gasteiger partial charge in [-0.1, -0.05) is 37.3 Å². The zero-order valence-electron chi connectivity index (χ0n) is 12.3. The van der Waals surface area contributed by atoms with Crippen molar-refractivity contribution in [3.8, 4) is 17.6 Å². The van der Waals surface area contributed by atoms with Crippen molar-refractivity contribution in [2.45, 2.75) is 19.8 Å². The molecule has 2 aromatic carbocycles. The van der Waals surface area contributed by atoms with Gasteiger partial charge in [0.1, 0.15) is 12.4 Å². The molecule has 0 fully saturated rings. The standard InChI is InChI=1S/C19H20O2/c1-2-3-16-4-6-17(7-5-16)8-9-18-10-12-19(13-11-18)21-15-14-20/h4-7,10-13,20H,2-3,14-15H2,1H3. The lowest BCUT2D eigenvalue weighted by atomic mass is 10.1. The normalized spacial score (nSPS) is 9.81. The number of ether oxygens (including phenoxy) is 1. The Hall–Kier alpha value is -2.24. The predicted octanol–water partition coefficient (Wildman–Crippen LogP) is 3.41. The van der Waals surface area contributed by atoms with Gasteiger partial charge in [0.15, 0.2) is 0 Å². The number of benzene rings is 2. The topological polar surface area (TPSA) is 29.5 Å². The van der Waals surface area contributed by atoms with E-state index >= 15 is 0 Å². The average molecular weight is 280 g/mol. The first-order valence-electron chi connectivity index (χ1n) is 7.26. The third kappa shape index (κ3) is 4.98. The number of hydrogen-bond donors (Lipinski definition) is 1. The van der Waals surface area contributed by atoms with Gasteiger partial charge in [0, 0.05) is 11.1 Å². The summed E-state index contributed by atoms with van der Waals surface area (Å²) in [6.45, 7) is 2.52. The van der Waals surface area contributed by atoms with E-state index in [0.29, 0.717) is 6.61 Å². The largest absolute Gasteiger partial charge is 0.491 e. The number of aryl methyl sites for hydroxylation is 1. The molecule has 2 rings (SSSR count). The number of aliphatic hydroxyl groups is 1. The minimum absolute atomic E-state index is 0.0234. The molecule has 21 heavy (non-hydrogen) atoms. The Morgan fingerprint density at radius 3 is 2.00 bits per heavy atom. The number of aliphatic hydroxyl groups excluding tert-OH is 1. The maximum absolute atomic E-state index is 8.70. The third-order valence-electron chi connectivity index (χ3n) is 3.06. The Bertz CT molecular complexity index is 601. The Balaban J connectivity index is 2.01. The number of rotatable bonds is 5. The summed E-state index contributed by atoms with van der Waals surface area (Å²) < 4.78 is 5.31. The zero-order chi connectivity index (χ0) is 14.9. The summed E-state index contributed by atoms with van der Waals surface area (Å²) in [5, 5.41) is 8.70. The van der Waals surface area contributed by atoms with Crippen molar-refractivity contribution in [3.63, 3.8) is 0 Å². The van der Waals surface area contributed by atoms with Crippen LogP contribution in [0.15, 0.2) is 48.5 Å². The van der Waals surface area contributed by atoms with Gasteiger partial charge in [-0.2, -0.15) is 0 Å². The van der Waals surface area contributed by atoms with Crippen LogP contribution in [0.3, 0.4) is 0 Å². The highest BCUT2D eigenvalue weighted by Gasteiger charge is 1.94. The molecule has 0 aliphatic rings. The van der Waals surface area contributed by atoms with Gasteiger partial charge >= 0.3 is 0 Å². The molecule has 0 amide bonds. The first kappa shape index (κ1) is 15.2. The maximum Gasteiger partial charge on any atom is 0.119 e. The average Bonchev–Trinajstić information content (AvgIpc) is 2.53. The maximum atomic E-state index is 8.70. The fourth-order valence-electron chi connectivity index (χ4n) is 1.99. The van der Waals surface area contributed by atoms with Crippen molar-refractivity contribution in [3.05, 3.63) is 65.2 Å². The second-order valence-corrected chi connectivity index (χ2v) is 4.79. The predicted molar refractivity (Wildman–Crippen MR) is 85.4 cm³/mol. The SMILES string of the molecule is CCCc1ccc(C#Cc2ccc(OCCO)cc2)cc1. The van der Waals surface area contributed by atoms with Crippen LogP contribution in [0.2, 0.25) is 0 Å². The summed E-state index contributed by atoms with van der Waals surface area (Å²) in [5.41, 5.74) is 3.33. The van der Waals surface area contributed by atoms with E-state index in [1.165, 1.54) is 5.56 Å². The fraction of sp³-hybridized carbons (Fsp3) is 0.263. The zero-order valence-corrected chi connectivity index (χ0v) is 12.3. The van der Waals surface area contributed by atoms with Gasteiger partial charge in [-0.05, 0) is 48.4 Å². The Morgan fingerprint density at radius 1 is 0.905 bits per heavy atom. The molecule has 0 aromatic heterocycles. The van der Waals surface area contributed by atoms with Crippen LogP contribution >= 0.6 is 0 Å². The van der Waals surface area contributed by atoms with Gasteiger partial charge < -0.3 is 9.84 Å². The lowest BCUT2D eigenvalue weighted by molar-refractivity contribution is 0.201. The molecule has 0 spiro atoms. The lowest BCUT2D eigenvalue weighted by Gasteiger charge is -2.02. The monoisotopic (exact) mass is 280 g/mol. The van der Waals surface area contributed by atoms with Gasteiger partial charge in [-0.25, -0.2) is 0 Å². The third-order valence-corrected chi connectivity index (χ3v) is 3.06. The molecule has 0 aliphatic carbocycles. The van der Waals surface area contributed by atoms with Crippen LogP contribution in [0.4, 0.5) is 0 Å². The van der Waals surface area contributed by atoms with Crippen LogP contribution in [0.5, 0.6) is 5.75 Å². The molecular formula is C19H20O2. The quantitative estimate of drug-likeness (QED) is 0.850. The molecule has 2 nitrogen and oxygen atoms in total. The molecule has 0 atom stereocenters. The Kier molecular flexibility index (Phi) is 5.87. The minimum atomic E-state index is 0.0234. The molecule has 108 valence electrons. The smallest absolute Gasteiger partial charge is 0.119 e. The minimum Gasteiger partial charge on any atom is -0.491 e. The van der Waals surface area contributed by atoms with Crippen LogP contribution in [-0.2, 0) is 6.42 Å². The van der Waals surface area contributed by atoms with Crippen LogP contribution in [-0.4, -0.2) is 18.3 Å². The summed E-state index contributed by atoms with van der Waals surface area (Å²) in [4.78, 5) is 0. The summed E-state index contributed by atoms with van der Waals surface area (Å²) in [6.07, 6.45) is 2.28. The molecule has 0 aliphatic heterocycles. The van der Waals surface area contributed by atoms with E-state index in [-0.39, 0.29) is 6.61 Å². The molecule has 0 unspecified atom stereocenters. The van der Waals surface area contributed by atoms with Crippen LogP contribution in [0.25, 0.3) is 0 Å². The van der Waals surface area contributed by atoms with Gasteiger partial charge in [0.05, 0.1) is 6.61 Å². The number of hydrogen-bond acceptors (Lipinski definition) is 2. The van der Waals surface area contributed by atoms with Crippen LogP contribution < -0.4 is 4.74 Å². The van der Waals surface area contributed by atoms with Crippen molar-refractivity contribution < 1.29 is 9.84 Å². The van der Waals surface area contributed by atoms with E-state index in [2.05, 4.69) is 43.0 Å². The first-order valence-corrected chi connectivity index (χ1v) is 7.26. The van der Waals surface area contributed by atoms with Gasteiger partial charge in [0.2, 0.25) is 0 Å². The van der Waals surface area contributed by atoms with Crippen molar-refractivity contribution in [1.29, 1.82) is 0 Å². The second kappa shape index (κ2) is 8.14. The van der Waals surface area contributed by atoms with Gasteiger partial charge in [-0.3, -0.25) is 0 Å². The van der Waals surface area contributed by atoms with Gasteiger partial charge in [-0.15, -0.1) is 0 Å². The van der Waals surface area contributed by atoms with Gasteiger partial charge in [0.25, 0.3) is 0 Å². The highest BCUT2D eigenvalue weighted by Crippen LogP contribution is 2.11. The molecule has 0 saturated carbocycles. The molecular weight excluding hydrogens is 260 g/mol. The lowest BCUT2D eigenvalue weighted by Crippen LogP contribution is -2.01. The Labute approximate surface area is 126 Å². The first-order chi connectivity index (χ1) is 10.3. The second-order valence-electron chi connectivity index (χ2n) is 4.79. The van der Waals surface area contributed by atoms with E-state index in [9.17, 15) is 0 Å². The van der Waals surface area contributed by atoms with Crippen molar-refractivity contribution in [2.75, 3.05) is 13.2 Å². The van der Waals surface area contributed by atoms with E-state index in [4.69, 9.17) is 9.84 Å². The highest BCUT2D eigenvalue weighted by molar-refractivity contribution is 5.44. The molecule has 0 bridgehead atoms. The summed E-state index contributed by atoms with van der Waals surface area (Å²) in [5.74, 6) is 7.05. The molecule has 0 radical (unpaired) electrons. The van der Waals surface area contributed by atoms with E-state index in [1.807, 2.05) is 24.3 Å². The molecule has 0 heterocycles. The summed E-state index contributed by atoms with van der Waals surface area (Å²) in [6, 6.07) is 16.0. The molecule has 2 aromatic rings. The van der Waals surface area contributed by atoms with E-state index < -0.39 is 0 Å². The van der Waals surface area contributed by atoms with Crippen LogP contribution in [0.1, 0.15) is 30.0 Å². The molecule has 1 N–H and O–H groups in total. The summed E-state index contributed by atoms with van der Waals surface area (Å²) >= 11 is 0. The van der Waals surface area contributed by atoms with Crippen molar-refractivity contribution in [1.82, 2.24) is 0 Å². The fourth-order valence-corrected chi connectivity index (χ4v) is 1.99.